The van der Waals surface area contributed by atoms with Gasteiger partial charge >= 0.3 is 0 Å². The SMILES string of the molecule is CC.Cc1nc2cc3c(cc2[nH]1)CCCCC3. The molecule has 0 bridgehead atoms. The van der Waals surface area contributed by atoms with Crippen molar-refractivity contribution in [3.8, 4) is 0 Å². The van der Waals surface area contributed by atoms with Crippen LogP contribution in [-0.2, 0) is 12.8 Å². The molecular weight excluding hydrogens is 208 g/mol. The van der Waals surface area contributed by atoms with E-state index in [0.29, 0.717) is 0 Å². The zero-order valence-electron chi connectivity index (χ0n) is 11.1. The molecule has 17 heavy (non-hydrogen) atoms. The highest BCUT2D eigenvalue weighted by Crippen LogP contribution is 2.24. The van der Waals surface area contributed by atoms with Crippen LogP contribution in [0, 0.1) is 6.92 Å². The minimum absolute atomic E-state index is 1.02. The Morgan fingerprint density at radius 2 is 1.65 bits per heavy atom. The van der Waals surface area contributed by atoms with Crippen LogP contribution in [0.3, 0.4) is 0 Å². The number of benzene rings is 1. The lowest BCUT2D eigenvalue weighted by Crippen LogP contribution is -1.90. The Hall–Kier alpha value is -1.31. The van der Waals surface area contributed by atoms with Gasteiger partial charge in [-0.3, -0.25) is 0 Å². The summed E-state index contributed by atoms with van der Waals surface area (Å²) < 4.78 is 0. The first-order valence-electron chi connectivity index (χ1n) is 6.81. The number of fused-ring (bicyclic) bond motifs is 2. The van der Waals surface area contributed by atoms with Gasteiger partial charge in [-0.05, 0) is 55.9 Å². The summed E-state index contributed by atoms with van der Waals surface area (Å²) >= 11 is 0. The molecule has 0 saturated heterocycles. The van der Waals surface area contributed by atoms with Crippen molar-refractivity contribution in [2.75, 3.05) is 0 Å². The largest absolute Gasteiger partial charge is 0.342 e. The third-order valence-electron chi connectivity index (χ3n) is 3.31. The van der Waals surface area contributed by atoms with Crippen LogP contribution < -0.4 is 0 Å². The van der Waals surface area contributed by atoms with E-state index in [9.17, 15) is 0 Å². The summed E-state index contributed by atoms with van der Waals surface area (Å²) in [6.45, 7) is 6.02. The molecule has 1 N–H and O–H groups in total. The van der Waals surface area contributed by atoms with Crippen molar-refractivity contribution in [2.24, 2.45) is 0 Å². The molecule has 1 aromatic heterocycles. The van der Waals surface area contributed by atoms with Crippen molar-refractivity contribution in [2.45, 2.75) is 52.9 Å². The van der Waals surface area contributed by atoms with Gasteiger partial charge in [0.2, 0.25) is 0 Å². The van der Waals surface area contributed by atoms with E-state index in [4.69, 9.17) is 0 Å². The summed E-state index contributed by atoms with van der Waals surface area (Å²) in [7, 11) is 0. The number of hydrogen-bond acceptors (Lipinski definition) is 1. The summed E-state index contributed by atoms with van der Waals surface area (Å²) in [5.41, 5.74) is 5.39. The molecule has 1 heterocycles. The van der Waals surface area contributed by atoms with E-state index < -0.39 is 0 Å². The molecule has 1 aliphatic carbocycles. The molecule has 1 aromatic carbocycles. The standard InChI is InChI=1S/C13H16N2.C2H6/c1-9-14-12-7-10-5-3-2-4-6-11(10)8-13(12)15-9;1-2/h7-8H,2-6H2,1H3,(H,14,15);1-2H3. The number of nitrogens with zero attached hydrogens (tertiary/aromatic N) is 1. The molecule has 0 fully saturated rings. The van der Waals surface area contributed by atoms with Gasteiger partial charge in [0.25, 0.3) is 0 Å². The Labute approximate surface area is 103 Å². The van der Waals surface area contributed by atoms with E-state index in [1.54, 1.807) is 0 Å². The molecule has 0 saturated carbocycles. The van der Waals surface area contributed by atoms with E-state index in [1.807, 2.05) is 20.8 Å². The van der Waals surface area contributed by atoms with Gasteiger partial charge < -0.3 is 4.98 Å². The van der Waals surface area contributed by atoms with Crippen LogP contribution in [0.25, 0.3) is 11.0 Å². The van der Waals surface area contributed by atoms with E-state index >= 15 is 0 Å². The van der Waals surface area contributed by atoms with Crippen molar-refractivity contribution in [3.05, 3.63) is 29.1 Å². The lowest BCUT2D eigenvalue weighted by Gasteiger charge is -2.04. The molecule has 0 spiro atoms. The summed E-state index contributed by atoms with van der Waals surface area (Å²) in [6, 6.07) is 4.58. The topological polar surface area (TPSA) is 28.7 Å². The highest BCUT2D eigenvalue weighted by atomic mass is 14.9. The van der Waals surface area contributed by atoms with Crippen LogP contribution in [-0.4, -0.2) is 9.97 Å². The first-order chi connectivity index (χ1) is 8.33. The molecule has 0 aliphatic heterocycles. The number of aromatic nitrogens is 2. The normalized spacial score (nSPS) is 14.8. The second kappa shape index (κ2) is 5.35. The number of rotatable bonds is 0. The lowest BCUT2D eigenvalue weighted by molar-refractivity contribution is 0.711. The van der Waals surface area contributed by atoms with Crippen LogP contribution in [0.5, 0.6) is 0 Å². The Morgan fingerprint density at radius 1 is 1.00 bits per heavy atom. The van der Waals surface area contributed by atoms with E-state index in [-0.39, 0.29) is 0 Å². The molecule has 3 rings (SSSR count). The molecule has 2 nitrogen and oxygen atoms in total. The molecular formula is C15H22N2. The maximum atomic E-state index is 4.50. The summed E-state index contributed by atoms with van der Waals surface area (Å²) in [6.07, 6.45) is 6.52. The van der Waals surface area contributed by atoms with Gasteiger partial charge in [-0.25, -0.2) is 4.98 Å². The number of imidazole rings is 1. The number of hydrogen-bond donors (Lipinski definition) is 1. The average molecular weight is 230 g/mol. The fourth-order valence-corrected chi connectivity index (χ4v) is 2.55. The smallest absolute Gasteiger partial charge is 0.104 e. The summed E-state index contributed by atoms with van der Waals surface area (Å²) in [4.78, 5) is 7.81. The molecule has 1 aliphatic rings. The Kier molecular flexibility index (Phi) is 3.82. The van der Waals surface area contributed by atoms with Gasteiger partial charge in [0, 0.05) is 0 Å². The predicted octanol–water partition coefficient (Wildman–Crippen LogP) is 4.17. The van der Waals surface area contributed by atoms with Crippen molar-refractivity contribution in [1.29, 1.82) is 0 Å². The van der Waals surface area contributed by atoms with Crippen LogP contribution in [0.15, 0.2) is 12.1 Å². The van der Waals surface area contributed by atoms with Crippen molar-refractivity contribution in [3.63, 3.8) is 0 Å². The fourth-order valence-electron chi connectivity index (χ4n) is 2.55. The van der Waals surface area contributed by atoms with Crippen LogP contribution in [0.1, 0.15) is 50.1 Å². The Morgan fingerprint density at radius 3 is 2.35 bits per heavy atom. The minimum atomic E-state index is 1.02. The Balaban J connectivity index is 0.000000514. The van der Waals surface area contributed by atoms with Gasteiger partial charge in [0.15, 0.2) is 0 Å². The third-order valence-corrected chi connectivity index (χ3v) is 3.31. The number of nitrogens with one attached hydrogen (secondary N) is 1. The monoisotopic (exact) mass is 230 g/mol. The van der Waals surface area contributed by atoms with Gasteiger partial charge in [0.05, 0.1) is 11.0 Å². The molecule has 0 radical (unpaired) electrons. The van der Waals surface area contributed by atoms with E-state index in [2.05, 4.69) is 22.1 Å². The van der Waals surface area contributed by atoms with Crippen LogP contribution >= 0.6 is 0 Å². The fraction of sp³-hybridized carbons (Fsp3) is 0.533. The second-order valence-electron chi connectivity index (χ2n) is 4.52. The van der Waals surface area contributed by atoms with Crippen molar-refractivity contribution in [1.82, 2.24) is 9.97 Å². The predicted molar refractivity (Wildman–Crippen MR) is 73.4 cm³/mol. The first-order valence-corrected chi connectivity index (χ1v) is 6.81. The number of aryl methyl sites for hydroxylation is 3. The molecule has 92 valence electrons. The summed E-state index contributed by atoms with van der Waals surface area (Å²) in [5.74, 6) is 1.02. The quantitative estimate of drug-likeness (QED) is 0.676. The van der Waals surface area contributed by atoms with Crippen molar-refractivity contribution >= 4 is 11.0 Å². The van der Waals surface area contributed by atoms with Gasteiger partial charge in [0.1, 0.15) is 5.82 Å². The molecule has 2 heteroatoms. The maximum Gasteiger partial charge on any atom is 0.104 e. The highest BCUT2D eigenvalue weighted by molar-refractivity contribution is 5.77. The Bertz CT molecular complexity index is 454. The van der Waals surface area contributed by atoms with Gasteiger partial charge in [-0.2, -0.15) is 0 Å². The third kappa shape index (κ3) is 2.51. The number of H-pyrrole nitrogens is 1. The molecule has 2 aromatic rings. The average Bonchev–Trinajstić information content (AvgIpc) is 2.56. The highest BCUT2D eigenvalue weighted by Gasteiger charge is 2.10. The van der Waals surface area contributed by atoms with E-state index in [1.165, 1.54) is 48.7 Å². The van der Waals surface area contributed by atoms with Crippen LogP contribution in [0.2, 0.25) is 0 Å². The first kappa shape index (κ1) is 12.2. The van der Waals surface area contributed by atoms with Gasteiger partial charge in [-0.1, -0.05) is 20.3 Å². The summed E-state index contributed by atoms with van der Waals surface area (Å²) in [5, 5.41) is 0. The zero-order valence-corrected chi connectivity index (χ0v) is 11.1. The molecule has 0 atom stereocenters. The molecule has 0 amide bonds. The van der Waals surface area contributed by atoms with Crippen molar-refractivity contribution < 1.29 is 0 Å². The molecule has 0 unspecified atom stereocenters. The number of aromatic amines is 1. The zero-order chi connectivity index (χ0) is 12.3. The van der Waals surface area contributed by atoms with E-state index in [0.717, 1.165) is 11.3 Å². The lowest BCUT2D eigenvalue weighted by atomic mass is 10.0. The maximum absolute atomic E-state index is 4.50. The van der Waals surface area contributed by atoms with Crippen LogP contribution in [0.4, 0.5) is 0 Å². The van der Waals surface area contributed by atoms with Gasteiger partial charge in [-0.15, -0.1) is 0 Å². The minimum Gasteiger partial charge on any atom is -0.342 e. The second-order valence-corrected chi connectivity index (χ2v) is 4.52.